The van der Waals surface area contributed by atoms with Gasteiger partial charge in [0, 0.05) is 12.1 Å². The molecule has 0 radical (unpaired) electrons. The van der Waals surface area contributed by atoms with Crippen LogP contribution in [0, 0.1) is 5.92 Å². The minimum absolute atomic E-state index is 0.0713. The molecule has 1 aliphatic heterocycles. The van der Waals surface area contributed by atoms with Gasteiger partial charge in [0.05, 0.1) is 0 Å². The molecule has 0 spiro atoms. The van der Waals surface area contributed by atoms with Gasteiger partial charge in [-0.2, -0.15) is 0 Å². The lowest BCUT2D eigenvalue weighted by Crippen LogP contribution is -2.39. The zero-order valence-corrected chi connectivity index (χ0v) is 11.9. The number of rotatable bonds is 4. The molecule has 21 heavy (non-hydrogen) atoms. The summed E-state index contributed by atoms with van der Waals surface area (Å²) >= 11 is 0. The molecule has 2 unspecified atom stereocenters. The number of nitrogens with one attached hydrogen (secondary N) is 1. The quantitative estimate of drug-likeness (QED) is 0.827. The van der Waals surface area contributed by atoms with Crippen LogP contribution in [-0.4, -0.2) is 25.3 Å². The number of benzene rings is 1. The minimum Gasteiger partial charge on any atom is -0.454 e. The highest BCUT2D eigenvalue weighted by Crippen LogP contribution is 2.32. The van der Waals surface area contributed by atoms with E-state index < -0.39 is 0 Å². The predicted molar refractivity (Wildman–Crippen MR) is 79.9 cm³/mol. The van der Waals surface area contributed by atoms with Gasteiger partial charge in [0.25, 0.3) is 0 Å². The molecule has 1 fully saturated rings. The van der Waals surface area contributed by atoms with Gasteiger partial charge in [0.1, 0.15) is 0 Å². The van der Waals surface area contributed by atoms with Crippen molar-refractivity contribution in [2.45, 2.75) is 25.3 Å². The van der Waals surface area contributed by atoms with Crippen molar-refractivity contribution in [3.05, 3.63) is 29.8 Å². The van der Waals surface area contributed by atoms with E-state index in [-0.39, 0.29) is 18.7 Å². The van der Waals surface area contributed by atoms with Gasteiger partial charge in [-0.05, 0) is 49.1 Å². The first-order valence-electron chi connectivity index (χ1n) is 7.34. The Morgan fingerprint density at radius 3 is 3.05 bits per heavy atom. The van der Waals surface area contributed by atoms with Gasteiger partial charge in [-0.25, -0.2) is 0 Å². The summed E-state index contributed by atoms with van der Waals surface area (Å²) < 4.78 is 10.6. The molecule has 3 N–H and O–H groups in total. The smallest absolute Gasteiger partial charge is 0.244 e. The van der Waals surface area contributed by atoms with Crippen LogP contribution in [0.15, 0.2) is 24.3 Å². The van der Waals surface area contributed by atoms with E-state index in [1.807, 2.05) is 18.2 Å². The SMILES string of the molecule is NCC1CCCC1NC(=O)C=Cc1ccc2c(c1)OCO2. The summed E-state index contributed by atoms with van der Waals surface area (Å²) in [6.07, 6.45) is 6.60. The topological polar surface area (TPSA) is 73.6 Å². The molecule has 1 amide bonds. The normalized spacial score (nSPS) is 23.7. The van der Waals surface area contributed by atoms with Crippen molar-refractivity contribution >= 4 is 12.0 Å². The second-order valence-electron chi connectivity index (χ2n) is 5.49. The molecule has 1 saturated carbocycles. The highest BCUT2D eigenvalue weighted by Gasteiger charge is 2.26. The molecule has 5 heteroatoms. The Balaban J connectivity index is 1.59. The van der Waals surface area contributed by atoms with Gasteiger partial charge >= 0.3 is 0 Å². The van der Waals surface area contributed by atoms with Crippen molar-refractivity contribution in [1.82, 2.24) is 5.32 Å². The van der Waals surface area contributed by atoms with Gasteiger partial charge in [-0.15, -0.1) is 0 Å². The number of hydrogen-bond donors (Lipinski definition) is 2. The van der Waals surface area contributed by atoms with Crippen molar-refractivity contribution in [3.63, 3.8) is 0 Å². The van der Waals surface area contributed by atoms with Crippen LogP contribution in [0.5, 0.6) is 11.5 Å². The predicted octanol–water partition coefficient (Wildman–Crippen LogP) is 1.67. The molecule has 1 aromatic rings. The standard InChI is InChI=1S/C16H20N2O3/c17-9-12-2-1-3-13(12)18-16(19)7-5-11-4-6-14-15(8-11)21-10-20-14/h4-8,12-13H,1-3,9-10,17H2,(H,18,19). The van der Waals surface area contributed by atoms with E-state index in [1.54, 1.807) is 12.2 Å². The third kappa shape index (κ3) is 3.19. The molecule has 2 aliphatic rings. The molecule has 3 rings (SSSR count). The number of amides is 1. The summed E-state index contributed by atoms with van der Waals surface area (Å²) in [5, 5.41) is 3.04. The lowest BCUT2D eigenvalue weighted by molar-refractivity contribution is -0.117. The van der Waals surface area contributed by atoms with Crippen molar-refractivity contribution in [1.29, 1.82) is 0 Å². The Hall–Kier alpha value is -2.01. The molecular formula is C16H20N2O3. The van der Waals surface area contributed by atoms with E-state index in [1.165, 1.54) is 0 Å². The molecule has 0 saturated heterocycles. The van der Waals surface area contributed by atoms with Crippen LogP contribution in [0.3, 0.4) is 0 Å². The Morgan fingerprint density at radius 2 is 2.19 bits per heavy atom. The van der Waals surface area contributed by atoms with E-state index in [9.17, 15) is 4.79 Å². The van der Waals surface area contributed by atoms with Crippen LogP contribution < -0.4 is 20.5 Å². The van der Waals surface area contributed by atoms with Crippen LogP contribution in [0.4, 0.5) is 0 Å². The Kier molecular flexibility index (Phi) is 4.10. The lowest BCUT2D eigenvalue weighted by atomic mass is 10.0. The zero-order chi connectivity index (χ0) is 14.7. The maximum absolute atomic E-state index is 12.0. The number of fused-ring (bicyclic) bond motifs is 1. The van der Waals surface area contributed by atoms with E-state index in [0.29, 0.717) is 12.5 Å². The average Bonchev–Trinajstić information content (AvgIpc) is 3.12. The molecule has 2 atom stereocenters. The summed E-state index contributed by atoms with van der Waals surface area (Å²) in [6, 6.07) is 5.82. The number of hydrogen-bond acceptors (Lipinski definition) is 4. The summed E-state index contributed by atoms with van der Waals surface area (Å²) in [5.41, 5.74) is 6.64. The summed E-state index contributed by atoms with van der Waals surface area (Å²) in [5.74, 6) is 1.80. The molecule has 0 bridgehead atoms. The van der Waals surface area contributed by atoms with Gasteiger partial charge in [-0.3, -0.25) is 4.79 Å². The second-order valence-corrected chi connectivity index (χ2v) is 5.49. The van der Waals surface area contributed by atoms with Crippen LogP contribution in [-0.2, 0) is 4.79 Å². The van der Waals surface area contributed by atoms with Crippen molar-refractivity contribution < 1.29 is 14.3 Å². The Bertz CT molecular complexity index is 556. The third-order valence-electron chi connectivity index (χ3n) is 4.11. The van der Waals surface area contributed by atoms with E-state index >= 15 is 0 Å². The summed E-state index contributed by atoms with van der Waals surface area (Å²) in [6.45, 7) is 0.891. The van der Waals surface area contributed by atoms with E-state index in [4.69, 9.17) is 15.2 Å². The maximum atomic E-state index is 12.0. The molecule has 112 valence electrons. The fourth-order valence-electron chi connectivity index (χ4n) is 2.93. The number of ether oxygens (including phenoxy) is 2. The first-order valence-corrected chi connectivity index (χ1v) is 7.34. The number of nitrogens with two attached hydrogens (primary N) is 1. The van der Waals surface area contributed by atoms with E-state index in [2.05, 4.69) is 5.32 Å². The van der Waals surface area contributed by atoms with E-state index in [0.717, 1.165) is 36.3 Å². The fourth-order valence-corrected chi connectivity index (χ4v) is 2.93. The van der Waals surface area contributed by atoms with Gasteiger partial charge < -0.3 is 20.5 Å². The van der Waals surface area contributed by atoms with Crippen LogP contribution in [0.1, 0.15) is 24.8 Å². The Labute approximate surface area is 124 Å². The first kappa shape index (κ1) is 13.9. The highest BCUT2D eigenvalue weighted by atomic mass is 16.7. The molecule has 0 aromatic heterocycles. The second kappa shape index (κ2) is 6.18. The maximum Gasteiger partial charge on any atom is 0.244 e. The third-order valence-corrected chi connectivity index (χ3v) is 4.11. The van der Waals surface area contributed by atoms with Gasteiger partial charge in [-0.1, -0.05) is 12.5 Å². The molecule has 1 aromatic carbocycles. The number of carbonyl (C=O) groups excluding carboxylic acids is 1. The number of carbonyl (C=O) groups is 1. The Morgan fingerprint density at radius 1 is 1.33 bits per heavy atom. The van der Waals surface area contributed by atoms with Crippen LogP contribution in [0.25, 0.3) is 6.08 Å². The van der Waals surface area contributed by atoms with Crippen LogP contribution >= 0.6 is 0 Å². The van der Waals surface area contributed by atoms with Gasteiger partial charge in [0.2, 0.25) is 12.7 Å². The molecular weight excluding hydrogens is 268 g/mol. The molecule has 1 aliphatic carbocycles. The first-order chi connectivity index (χ1) is 10.3. The monoisotopic (exact) mass is 288 g/mol. The van der Waals surface area contributed by atoms with Crippen LogP contribution in [0.2, 0.25) is 0 Å². The van der Waals surface area contributed by atoms with Crippen molar-refractivity contribution in [2.24, 2.45) is 11.7 Å². The summed E-state index contributed by atoms with van der Waals surface area (Å²) in [7, 11) is 0. The summed E-state index contributed by atoms with van der Waals surface area (Å²) in [4.78, 5) is 12.0. The minimum atomic E-state index is -0.0713. The molecule has 5 nitrogen and oxygen atoms in total. The fraction of sp³-hybridized carbons (Fsp3) is 0.438. The average molecular weight is 288 g/mol. The van der Waals surface area contributed by atoms with Crippen molar-refractivity contribution in [3.8, 4) is 11.5 Å². The zero-order valence-electron chi connectivity index (χ0n) is 11.9. The lowest BCUT2D eigenvalue weighted by Gasteiger charge is -2.18. The highest BCUT2D eigenvalue weighted by molar-refractivity contribution is 5.92. The molecule has 1 heterocycles. The van der Waals surface area contributed by atoms with Gasteiger partial charge in [0.15, 0.2) is 11.5 Å². The van der Waals surface area contributed by atoms with Crippen molar-refractivity contribution in [2.75, 3.05) is 13.3 Å². The largest absolute Gasteiger partial charge is 0.454 e.